The maximum Gasteiger partial charge on any atom is 0.216 e. The van der Waals surface area contributed by atoms with Gasteiger partial charge in [0.2, 0.25) is 4.77 Å². The average Bonchev–Trinajstić information content (AvgIpc) is 3.04. The van der Waals surface area contributed by atoms with Gasteiger partial charge in [0, 0.05) is 17.0 Å². The summed E-state index contributed by atoms with van der Waals surface area (Å²) in [5.74, 6) is 1.42. The first-order chi connectivity index (χ1) is 11.9. The van der Waals surface area contributed by atoms with Crippen LogP contribution in [-0.2, 0) is 6.61 Å². The fourth-order valence-electron chi connectivity index (χ4n) is 2.70. The van der Waals surface area contributed by atoms with E-state index in [1.54, 1.807) is 10.9 Å². The molecule has 2 heterocycles. The first-order valence-corrected chi connectivity index (χ1v) is 8.41. The van der Waals surface area contributed by atoms with Crippen molar-refractivity contribution in [2.75, 3.05) is 0 Å². The molecule has 3 rings (SSSR count). The van der Waals surface area contributed by atoms with Gasteiger partial charge in [-0.3, -0.25) is 0 Å². The van der Waals surface area contributed by atoms with Gasteiger partial charge in [-0.15, -0.1) is 0 Å². The lowest BCUT2D eigenvalue weighted by Crippen LogP contribution is -2.04. The highest BCUT2D eigenvalue weighted by Gasteiger charge is 2.07. The summed E-state index contributed by atoms with van der Waals surface area (Å²) >= 11 is 5.27. The number of ether oxygens (including phenoxy) is 1. The molecule has 0 saturated carbocycles. The van der Waals surface area contributed by atoms with Gasteiger partial charge >= 0.3 is 0 Å². The molecule has 0 aliphatic rings. The number of H-pyrrole nitrogens is 2. The highest BCUT2D eigenvalue weighted by atomic mass is 32.1. The Morgan fingerprint density at radius 3 is 2.52 bits per heavy atom. The van der Waals surface area contributed by atoms with Crippen LogP contribution in [0, 0.1) is 32.5 Å². The predicted octanol–water partition coefficient (Wildman–Crippen LogP) is 3.96. The third-order valence-corrected chi connectivity index (χ3v) is 4.05. The molecule has 0 saturated heterocycles. The maximum absolute atomic E-state index is 5.86. The molecule has 130 valence electrons. The molecule has 7 heteroatoms. The molecule has 0 bridgehead atoms. The second kappa shape index (κ2) is 7.06. The number of hydrogen-bond acceptors (Lipinski definition) is 4. The van der Waals surface area contributed by atoms with E-state index < -0.39 is 0 Å². The van der Waals surface area contributed by atoms with Crippen LogP contribution in [-0.4, -0.2) is 26.1 Å². The molecule has 2 N–H and O–H groups in total. The largest absolute Gasteiger partial charge is 0.486 e. The van der Waals surface area contributed by atoms with E-state index in [-0.39, 0.29) is 6.61 Å². The maximum atomic E-state index is 5.86. The van der Waals surface area contributed by atoms with Gasteiger partial charge in [-0.1, -0.05) is 6.07 Å². The molecular weight excluding hydrogens is 334 g/mol. The number of nitrogens with one attached hydrogen (secondary N) is 2. The molecule has 1 aromatic carbocycles. The molecule has 0 radical (unpaired) electrons. The fraction of sp³-hybridized carbons (Fsp3) is 0.278. The number of rotatable bonds is 5. The van der Waals surface area contributed by atoms with E-state index in [1.807, 2.05) is 45.9 Å². The van der Waals surface area contributed by atoms with Crippen LogP contribution in [0.1, 0.15) is 33.9 Å². The Bertz CT molecular complexity index is 960. The molecule has 0 aliphatic carbocycles. The number of aryl methyl sites for hydroxylation is 4. The van der Waals surface area contributed by atoms with Crippen LogP contribution < -0.4 is 4.74 Å². The first-order valence-electron chi connectivity index (χ1n) is 8.00. The Kier molecular flexibility index (Phi) is 4.85. The van der Waals surface area contributed by atoms with Gasteiger partial charge in [-0.05, 0) is 69.2 Å². The Hall–Kier alpha value is -2.67. The number of aromatic amines is 2. The van der Waals surface area contributed by atoms with E-state index in [0.29, 0.717) is 10.6 Å². The van der Waals surface area contributed by atoms with Gasteiger partial charge < -0.3 is 9.72 Å². The summed E-state index contributed by atoms with van der Waals surface area (Å²) in [7, 11) is 0. The van der Waals surface area contributed by atoms with Crippen LogP contribution in [0.25, 0.3) is 0 Å². The fourth-order valence-corrected chi connectivity index (χ4v) is 2.90. The van der Waals surface area contributed by atoms with Crippen LogP contribution in [0.3, 0.4) is 0 Å². The van der Waals surface area contributed by atoms with Gasteiger partial charge in [0.1, 0.15) is 12.4 Å². The standard InChI is InChI=1S/C18H21N5OS/c1-11-5-12(2)7-16(6-11)24-10-17-21-22-18(25)23(17)19-9-15-8-13(3)20-14(15)4/h5-9,20H,10H2,1-4H3,(H,22,25)/b19-9+. The van der Waals surface area contributed by atoms with Crippen molar-refractivity contribution in [2.24, 2.45) is 5.10 Å². The lowest BCUT2D eigenvalue weighted by molar-refractivity contribution is 0.290. The SMILES string of the molecule is Cc1cc(C)cc(OCc2n[nH]c(=S)n2/N=C/c2cc(C)[nH]c2C)c1. The molecule has 0 fully saturated rings. The van der Waals surface area contributed by atoms with Crippen LogP contribution >= 0.6 is 12.2 Å². The lowest BCUT2D eigenvalue weighted by Gasteiger charge is -2.07. The van der Waals surface area contributed by atoms with Crippen LogP contribution in [0.5, 0.6) is 5.75 Å². The van der Waals surface area contributed by atoms with E-state index >= 15 is 0 Å². The van der Waals surface area contributed by atoms with Crippen molar-refractivity contribution in [1.29, 1.82) is 0 Å². The summed E-state index contributed by atoms with van der Waals surface area (Å²) in [6.07, 6.45) is 1.77. The summed E-state index contributed by atoms with van der Waals surface area (Å²) < 4.78 is 7.87. The van der Waals surface area contributed by atoms with Gasteiger partial charge in [-0.25, -0.2) is 5.10 Å². The van der Waals surface area contributed by atoms with Crippen molar-refractivity contribution >= 4 is 18.4 Å². The zero-order valence-electron chi connectivity index (χ0n) is 14.8. The lowest BCUT2D eigenvalue weighted by atomic mass is 10.1. The molecule has 2 aromatic heterocycles. The Labute approximate surface area is 151 Å². The summed E-state index contributed by atoms with van der Waals surface area (Å²) in [5, 5.41) is 11.4. The molecule has 6 nitrogen and oxygen atoms in total. The molecule has 0 amide bonds. The summed E-state index contributed by atoms with van der Waals surface area (Å²) in [4.78, 5) is 3.25. The predicted molar refractivity (Wildman–Crippen MR) is 101 cm³/mol. The Morgan fingerprint density at radius 2 is 1.88 bits per heavy atom. The monoisotopic (exact) mass is 355 g/mol. The zero-order chi connectivity index (χ0) is 18.0. The minimum atomic E-state index is 0.276. The van der Waals surface area contributed by atoms with Crippen LogP contribution in [0.2, 0.25) is 0 Å². The van der Waals surface area contributed by atoms with E-state index in [2.05, 4.69) is 26.3 Å². The highest BCUT2D eigenvalue weighted by molar-refractivity contribution is 7.71. The third-order valence-electron chi connectivity index (χ3n) is 3.78. The Balaban J connectivity index is 1.79. The third kappa shape index (κ3) is 4.06. The van der Waals surface area contributed by atoms with Crippen molar-refractivity contribution in [1.82, 2.24) is 19.9 Å². The van der Waals surface area contributed by atoms with E-state index in [1.165, 1.54) is 0 Å². The van der Waals surface area contributed by atoms with Crippen molar-refractivity contribution in [3.8, 4) is 5.75 Å². The molecule has 0 aliphatic heterocycles. The number of benzene rings is 1. The quantitative estimate of drug-likeness (QED) is 0.537. The van der Waals surface area contributed by atoms with Crippen molar-refractivity contribution in [3.63, 3.8) is 0 Å². The smallest absolute Gasteiger partial charge is 0.216 e. The van der Waals surface area contributed by atoms with E-state index in [0.717, 1.165) is 33.8 Å². The molecule has 25 heavy (non-hydrogen) atoms. The second-order valence-electron chi connectivity index (χ2n) is 6.15. The topological polar surface area (TPSA) is 71.0 Å². The van der Waals surface area contributed by atoms with E-state index in [9.17, 15) is 0 Å². The van der Waals surface area contributed by atoms with Crippen molar-refractivity contribution in [2.45, 2.75) is 34.3 Å². The number of nitrogens with zero attached hydrogens (tertiary/aromatic N) is 3. The summed E-state index contributed by atoms with van der Waals surface area (Å²) in [5.41, 5.74) is 5.48. The molecule has 0 atom stereocenters. The minimum Gasteiger partial charge on any atom is -0.486 e. The van der Waals surface area contributed by atoms with Crippen LogP contribution in [0.4, 0.5) is 0 Å². The van der Waals surface area contributed by atoms with Gasteiger partial charge in [0.15, 0.2) is 5.82 Å². The first kappa shape index (κ1) is 17.2. The van der Waals surface area contributed by atoms with Crippen molar-refractivity contribution < 1.29 is 4.74 Å². The molecule has 0 unspecified atom stereocenters. The molecule has 0 spiro atoms. The van der Waals surface area contributed by atoms with Crippen molar-refractivity contribution in [3.05, 3.63) is 62.9 Å². The van der Waals surface area contributed by atoms with Gasteiger partial charge in [0.25, 0.3) is 0 Å². The van der Waals surface area contributed by atoms with Gasteiger partial charge in [0.05, 0.1) is 6.21 Å². The second-order valence-corrected chi connectivity index (χ2v) is 6.53. The van der Waals surface area contributed by atoms with Gasteiger partial charge in [-0.2, -0.15) is 14.9 Å². The average molecular weight is 355 g/mol. The zero-order valence-corrected chi connectivity index (χ0v) is 15.6. The molecule has 3 aromatic rings. The molecular formula is C18H21N5OS. The number of hydrogen-bond donors (Lipinski definition) is 2. The van der Waals surface area contributed by atoms with E-state index in [4.69, 9.17) is 17.0 Å². The summed E-state index contributed by atoms with van der Waals surface area (Å²) in [6, 6.07) is 8.13. The Morgan fingerprint density at radius 1 is 1.16 bits per heavy atom. The minimum absolute atomic E-state index is 0.276. The normalized spacial score (nSPS) is 11.4. The summed E-state index contributed by atoms with van der Waals surface area (Å²) in [6.45, 7) is 8.38. The number of aromatic nitrogens is 4. The van der Waals surface area contributed by atoms with Crippen LogP contribution in [0.15, 0.2) is 29.4 Å². The highest BCUT2D eigenvalue weighted by Crippen LogP contribution is 2.17.